The van der Waals surface area contributed by atoms with Crippen LogP contribution in [0.15, 0.2) is 156 Å². The number of fused-ring (bicyclic) bond motifs is 6. The lowest BCUT2D eigenvalue weighted by molar-refractivity contribution is 0.669. The number of hydrogen-bond acceptors (Lipinski definition) is 5. The Kier molecular flexibility index (Phi) is 6.52. The van der Waals surface area contributed by atoms with Crippen molar-refractivity contribution in [2.75, 3.05) is 10.6 Å². The smallest absolute Gasteiger partial charge is 0.137 e. The molecule has 1 aliphatic carbocycles. The summed E-state index contributed by atoms with van der Waals surface area (Å²) in [6.07, 6.45) is 3.62. The van der Waals surface area contributed by atoms with E-state index in [-0.39, 0.29) is 11.4 Å². The summed E-state index contributed by atoms with van der Waals surface area (Å²) in [5, 5.41) is 21.2. The molecule has 1 heterocycles. The van der Waals surface area contributed by atoms with Gasteiger partial charge in [-0.2, -0.15) is 0 Å². The van der Waals surface area contributed by atoms with Gasteiger partial charge in [-0.1, -0.05) is 91.0 Å². The first-order valence-electron chi connectivity index (χ1n) is 16.2. The SMILES string of the molecule is N=C1C=Cc2ccc3ccc(N(c4ccc(-c5ccccc5)cc4)c4ccc5c(c4)oc4cccc(-c6cccc(N)c6)c45)cc3c2C1=N. The maximum atomic E-state index is 8.80. The Labute approximate surface area is 283 Å². The highest BCUT2D eigenvalue weighted by molar-refractivity contribution is 6.53. The van der Waals surface area contributed by atoms with Crippen LogP contribution >= 0.6 is 0 Å². The minimum atomic E-state index is 0.214. The molecule has 7 aromatic carbocycles. The van der Waals surface area contributed by atoms with Crippen molar-refractivity contribution in [2.24, 2.45) is 0 Å². The Balaban J connectivity index is 1.24. The topological polar surface area (TPSA) is 90.1 Å². The number of allylic oxidation sites excluding steroid dienone is 1. The van der Waals surface area contributed by atoms with Crippen LogP contribution in [0.4, 0.5) is 22.7 Å². The van der Waals surface area contributed by atoms with Crippen molar-refractivity contribution >= 4 is 73.0 Å². The summed E-state index contributed by atoms with van der Waals surface area (Å²) in [6, 6.07) is 49.9. The fraction of sp³-hybridized carbons (Fsp3) is 0. The number of benzene rings is 7. The summed E-state index contributed by atoms with van der Waals surface area (Å²) in [6.45, 7) is 0. The normalized spacial score (nSPS) is 12.6. The molecule has 9 rings (SSSR count). The van der Waals surface area contributed by atoms with Gasteiger partial charge in [0.25, 0.3) is 0 Å². The van der Waals surface area contributed by atoms with Crippen molar-refractivity contribution in [1.29, 1.82) is 10.8 Å². The van der Waals surface area contributed by atoms with E-state index < -0.39 is 0 Å². The highest BCUT2D eigenvalue weighted by Gasteiger charge is 2.21. The van der Waals surface area contributed by atoms with Gasteiger partial charge in [0, 0.05) is 45.2 Å². The molecule has 0 bridgehead atoms. The number of nitrogens with two attached hydrogens (primary N) is 1. The van der Waals surface area contributed by atoms with Gasteiger partial charge in [-0.25, -0.2) is 0 Å². The molecule has 0 atom stereocenters. The third kappa shape index (κ3) is 4.79. The number of furan rings is 1. The van der Waals surface area contributed by atoms with Crippen LogP contribution < -0.4 is 10.6 Å². The van der Waals surface area contributed by atoms with Crippen LogP contribution in [-0.4, -0.2) is 11.4 Å². The zero-order chi connectivity index (χ0) is 33.1. The molecule has 0 amide bonds. The number of nitrogens with zero attached hydrogens (tertiary/aromatic N) is 1. The molecular weight excluding hydrogens is 601 g/mol. The zero-order valence-corrected chi connectivity index (χ0v) is 26.4. The van der Waals surface area contributed by atoms with E-state index in [4.69, 9.17) is 21.0 Å². The summed E-state index contributed by atoms with van der Waals surface area (Å²) < 4.78 is 6.54. The highest BCUT2D eigenvalue weighted by Crippen LogP contribution is 2.43. The second kappa shape index (κ2) is 11.2. The summed E-state index contributed by atoms with van der Waals surface area (Å²) in [5.74, 6) is 0. The lowest BCUT2D eigenvalue weighted by Gasteiger charge is -2.26. The Bertz CT molecular complexity index is 2650. The van der Waals surface area contributed by atoms with Gasteiger partial charge in [0.1, 0.15) is 11.2 Å². The Morgan fingerprint density at radius 1 is 0.531 bits per heavy atom. The number of anilines is 4. The second-order valence-electron chi connectivity index (χ2n) is 12.4. The molecule has 0 saturated heterocycles. The molecule has 1 aromatic heterocycles. The molecule has 0 spiro atoms. The predicted octanol–water partition coefficient (Wildman–Crippen LogP) is 11.5. The van der Waals surface area contributed by atoms with E-state index in [9.17, 15) is 0 Å². The van der Waals surface area contributed by atoms with Gasteiger partial charge in [-0.05, 0) is 99.3 Å². The van der Waals surface area contributed by atoms with Gasteiger partial charge in [0.05, 0.1) is 11.4 Å². The number of nitrogens with one attached hydrogen (secondary N) is 2. The van der Waals surface area contributed by atoms with Crippen LogP contribution in [0.1, 0.15) is 11.1 Å². The number of hydrogen-bond donors (Lipinski definition) is 3. The molecule has 0 unspecified atom stereocenters. The second-order valence-corrected chi connectivity index (χ2v) is 12.4. The predicted molar refractivity (Wildman–Crippen MR) is 205 cm³/mol. The van der Waals surface area contributed by atoms with E-state index in [0.717, 1.165) is 88.8 Å². The molecule has 8 aromatic rings. The maximum Gasteiger partial charge on any atom is 0.137 e. The fourth-order valence-corrected chi connectivity index (χ4v) is 7.05. The fourth-order valence-electron chi connectivity index (χ4n) is 7.05. The van der Waals surface area contributed by atoms with E-state index >= 15 is 0 Å². The van der Waals surface area contributed by atoms with Gasteiger partial charge < -0.3 is 15.1 Å². The van der Waals surface area contributed by atoms with E-state index in [2.05, 4.69) is 108 Å². The first kappa shape index (κ1) is 28.5. The molecule has 4 N–H and O–H groups in total. The van der Waals surface area contributed by atoms with Crippen LogP contribution in [0.5, 0.6) is 0 Å². The van der Waals surface area contributed by atoms with Crippen LogP contribution in [0, 0.1) is 10.8 Å². The van der Waals surface area contributed by atoms with E-state index in [0.29, 0.717) is 0 Å². The average molecular weight is 631 g/mol. The van der Waals surface area contributed by atoms with Crippen LogP contribution in [-0.2, 0) is 0 Å². The standard InChI is InChI=1S/C44H30N4O/c45-32-9-4-8-31(24-32)36-10-5-11-40-43(36)37-22-21-35(26-41(37)49-40)48(33-18-14-28(15-19-33)27-6-2-1-3-7-27)34-20-16-29-12-13-30-17-23-39(46)44(47)42(30)38(29)25-34/h1-26,46-47H,45H2. The van der Waals surface area contributed by atoms with E-state index in [1.807, 2.05) is 48.5 Å². The van der Waals surface area contributed by atoms with Crippen molar-refractivity contribution < 1.29 is 4.42 Å². The van der Waals surface area contributed by atoms with E-state index in [1.165, 1.54) is 0 Å². The lowest BCUT2D eigenvalue weighted by Crippen LogP contribution is -2.16. The molecule has 0 fully saturated rings. The monoisotopic (exact) mass is 630 g/mol. The Morgan fingerprint density at radius 3 is 2.08 bits per heavy atom. The van der Waals surface area contributed by atoms with Crippen molar-refractivity contribution in [3.8, 4) is 22.3 Å². The Hall–Kier alpha value is -6.72. The highest BCUT2D eigenvalue weighted by atomic mass is 16.3. The summed E-state index contributed by atoms with van der Waals surface area (Å²) in [7, 11) is 0. The molecule has 5 heteroatoms. The minimum absolute atomic E-state index is 0.214. The number of nitrogen functional groups attached to an aromatic ring is 1. The molecule has 0 radical (unpaired) electrons. The van der Waals surface area contributed by atoms with Crippen molar-refractivity contribution in [3.63, 3.8) is 0 Å². The molecule has 232 valence electrons. The minimum Gasteiger partial charge on any atom is -0.456 e. The quantitative estimate of drug-likeness (QED) is 0.165. The summed E-state index contributed by atoms with van der Waals surface area (Å²) in [5.41, 5.74) is 18.0. The first-order chi connectivity index (χ1) is 24.0. The van der Waals surface area contributed by atoms with Crippen LogP contribution in [0.25, 0.3) is 61.0 Å². The van der Waals surface area contributed by atoms with Gasteiger partial charge in [0.2, 0.25) is 0 Å². The molecule has 0 aliphatic heterocycles. The Morgan fingerprint density at radius 2 is 1.24 bits per heavy atom. The summed E-state index contributed by atoms with van der Waals surface area (Å²) >= 11 is 0. The third-order valence-corrected chi connectivity index (χ3v) is 9.41. The van der Waals surface area contributed by atoms with Gasteiger partial charge >= 0.3 is 0 Å². The molecular formula is C44H30N4O. The largest absolute Gasteiger partial charge is 0.456 e. The first-order valence-corrected chi connectivity index (χ1v) is 16.2. The van der Waals surface area contributed by atoms with Crippen molar-refractivity contribution in [2.45, 2.75) is 0 Å². The van der Waals surface area contributed by atoms with Gasteiger partial charge in [0.15, 0.2) is 0 Å². The summed E-state index contributed by atoms with van der Waals surface area (Å²) in [4.78, 5) is 2.23. The lowest BCUT2D eigenvalue weighted by atomic mass is 9.89. The van der Waals surface area contributed by atoms with Crippen LogP contribution in [0.2, 0.25) is 0 Å². The average Bonchev–Trinajstić information content (AvgIpc) is 3.52. The van der Waals surface area contributed by atoms with Crippen LogP contribution in [0.3, 0.4) is 0 Å². The van der Waals surface area contributed by atoms with Gasteiger partial charge in [-0.15, -0.1) is 0 Å². The molecule has 49 heavy (non-hydrogen) atoms. The third-order valence-electron chi connectivity index (χ3n) is 9.41. The van der Waals surface area contributed by atoms with E-state index in [1.54, 1.807) is 6.08 Å². The molecule has 1 aliphatic rings. The number of rotatable bonds is 5. The van der Waals surface area contributed by atoms with Crippen molar-refractivity contribution in [1.82, 2.24) is 0 Å². The molecule has 5 nitrogen and oxygen atoms in total. The van der Waals surface area contributed by atoms with Crippen molar-refractivity contribution in [3.05, 3.63) is 163 Å². The zero-order valence-electron chi connectivity index (χ0n) is 26.4. The van der Waals surface area contributed by atoms with Gasteiger partial charge in [-0.3, -0.25) is 10.8 Å². The molecule has 0 saturated carbocycles. The maximum absolute atomic E-state index is 8.80.